The van der Waals surface area contributed by atoms with Gasteiger partial charge in [-0.25, -0.2) is 4.79 Å². The molecule has 1 aliphatic carbocycles. The smallest absolute Gasteiger partial charge is 0.315 e. The summed E-state index contributed by atoms with van der Waals surface area (Å²) in [4.78, 5) is 24.1. The van der Waals surface area contributed by atoms with Crippen LogP contribution in [0.2, 0.25) is 0 Å². The molecule has 1 saturated carbocycles. The minimum absolute atomic E-state index is 0.101. The summed E-state index contributed by atoms with van der Waals surface area (Å²) in [7, 11) is 0. The summed E-state index contributed by atoms with van der Waals surface area (Å²) in [5.74, 6) is 1.18. The predicted octanol–water partition coefficient (Wildman–Crippen LogP) is 2.17. The summed E-state index contributed by atoms with van der Waals surface area (Å²) in [5, 5.41) is 8.89. The van der Waals surface area contributed by atoms with Crippen molar-refractivity contribution in [3.05, 3.63) is 23.8 Å². The van der Waals surface area contributed by atoms with Crippen LogP contribution in [0.5, 0.6) is 11.5 Å². The third-order valence-corrected chi connectivity index (χ3v) is 4.57. The fourth-order valence-corrected chi connectivity index (χ4v) is 3.16. The molecular formula is C18H25N3O4. The first-order valence-electron chi connectivity index (χ1n) is 8.90. The molecule has 3 amide bonds. The van der Waals surface area contributed by atoms with Crippen molar-refractivity contribution < 1.29 is 19.1 Å². The van der Waals surface area contributed by atoms with E-state index in [1.54, 1.807) is 18.2 Å². The molecule has 0 spiro atoms. The lowest BCUT2D eigenvalue weighted by atomic mass is 9.91. The fourth-order valence-electron chi connectivity index (χ4n) is 3.16. The number of benzene rings is 1. The number of urea groups is 1. The highest BCUT2D eigenvalue weighted by Gasteiger charge is 2.24. The Morgan fingerprint density at radius 2 is 1.72 bits per heavy atom. The van der Waals surface area contributed by atoms with Gasteiger partial charge in [0.15, 0.2) is 11.5 Å². The maximum absolute atomic E-state index is 12.4. The van der Waals surface area contributed by atoms with E-state index in [4.69, 9.17) is 9.47 Å². The molecule has 7 heteroatoms. The summed E-state index contributed by atoms with van der Waals surface area (Å²) < 4.78 is 10.6. The molecule has 3 rings (SSSR count). The number of carbonyl (C=O) groups excluding carboxylic acids is 2. The first kappa shape index (κ1) is 17.4. The Balaban J connectivity index is 1.44. The average molecular weight is 347 g/mol. The molecule has 0 radical (unpaired) electrons. The standard InChI is InChI=1S/C18H25N3O4/c1-2-9-19-18(23)21-14-6-4-13(5-7-14)20-17(22)12-3-8-15-16(10-12)25-11-24-15/h3,8,10,13-14H,2,4-7,9,11H2,1H3,(H,20,22)(H2,19,21,23). The molecule has 0 saturated heterocycles. The van der Waals surface area contributed by atoms with Crippen molar-refractivity contribution in [1.82, 2.24) is 16.0 Å². The number of nitrogens with one attached hydrogen (secondary N) is 3. The van der Waals surface area contributed by atoms with Gasteiger partial charge in [0.25, 0.3) is 5.91 Å². The Morgan fingerprint density at radius 1 is 1.04 bits per heavy atom. The molecule has 0 unspecified atom stereocenters. The molecule has 2 aliphatic rings. The zero-order valence-corrected chi connectivity index (χ0v) is 14.5. The second kappa shape index (κ2) is 8.09. The van der Waals surface area contributed by atoms with Crippen molar-refractivity contribution in [2.75, 3.05) is 13.3 Å². The van der Waals surface area contributed by atoms with Crippen molar-refractivity contribution in [2.45, 2.75) is 51.1 Å². The molecule has 136 valence electrons. The Bertz CT molecular complexity index is 627. The number of ether oxygens (including phenoxy) is 2. The normalized spacial score (nSPS) is 21.5. The zero-order chi connectivity index (χ0) is 17.6. The Morgan fingerprint density at radius 3 is 2.44 bits per heavy atom. The van der Waals surface area contributed by atoms with E-state index in [9.17, 15) is 9.59 Å². The molecule has 0 aromatic heterocycles. The molecule has 1 aliphatic heterocycles. The van der Waals surface area contributed by atoms with Crippen LogP contribution in [0.25, 0.3) is 0 Å². The monoisotopic (exact) mass is 347 g/mol. The van der Waals surface area contributed by atoms with Gasteiger partial charge in [-0.3, -0.25) is 4.79 Å². The van der Waals surface area contributed by atoms with Gasteiger partial charge in [-0.05, 0) is 50.3 Å². The van der Waals surface area contributed by atoms with Crippen molar-refractivity contribution in [2.24, 2.45) is 0 Å². The summed E-state index contributed by atoms with van der Waals surface area (Å²) in [6.07, 6.45) is 4.37. The van der Waals surface area contributed by atoms with Crippen molar-refractivity contribution in [3.63, 3.8) is 0 Å². The largest absolute Gasteiger partial charge is 0.454 e. The number of fused-ring (bicyclic) bond motifs is 1. The van der Waals surface area contributed by atoms with E-state index < -0.39 is 0 Å². The maximum Gasteiger partial charge on any atom is 0.315 e. The Kier molecular flexibility index (Phi) is 5.63. The topological polar surface area (TPSA) is 88.7 Å². The van der Waals surface area contributed by atoms with Gasteiger partial charge in [0.1, 0.15) is 0 Å². The highest BCUT2D eigenvalue weighted by atomic mass is 16.7. The number of hydrogen-bond donors (Lipinski definition) is 3. The second-order valence-corrected chi connectivity index (χ2v) is 6.49. The van der Waals surface area contributed by atoms with Crippen LogP contribution < -0.4 is 25.4 Å². The molecule has 1 fully saturated rings. The lowest BCUT2D eigenvalue weighted by molar-refractivity contribution is 0.0924. The maximum atomic E-state index is 12.4. The van der Waals surface area contributed by atoms with E-state index in [1.807, 2.05) is 6.92 Å². The summed E-state index contributed by atoms with van der Waals surface area (Å²) >= 11 is 0. The van der Waals surface area contributed by atoms with E-state index in [0.717, 1.165) is 32.1 Å². The molecule has 1 aromatic rings. The van der Waals surface area contributed by atoms with Crippen LogP contribution in [-0.4, -0.2) is 37.4 Å². The van der Waals surface area contributed by atoms with Gasteiger partial charge >= 0.3 is 6.03 Å². The number of hydrogen-bond acceptors (Lipinski definition) is 4. The predicted molar refractivity (Wildman–Crippen MR) is 92.9 cm³/mol. The fraction of sp³-hybridized carbons (Fsp3) is 0.556. The van der Waals surface area contributed by atoms with Crippen LogP contribution in [0.15, 0.2) is 18.2 Å². The minimum Gasteiger partial charge on any atom is -0.454 e. The van der Waals surface area contributed by atoms with E-state index in [-0.39, 0.29) is 30.8 Å². The van der Waals surface area contributed by atoms with Crippen LogP contribution in [0.3, 0.4) is 0 Å². The summed E-state index contributed by atoms with van der Waals surface area (Å²) in [6.45, 7) is 2.91. The zero-order valence-electron chi connectivity index (χ0n) is 14.5. The quantitative estimate of drug-likeness (QED) is 0.762. The first-order valence-corrected chi connectivity index (χ1v) is 8.90. The molecular weight excluding hydrogens is 322 g/mol. The van der Waals surface area contributed by atoms with Gasteiger partial charge in [0, 0.05) is 24.2 Å². The van der Waals surface area contributed by atoms with E-state index in [0.29, 0.717) is 23.6 Å². The van der Waals surface area contributed by atoms with Gasteiger partial charge in [0.2, 0.25) is 6.79 Å². The average Bonchev–Trinajstić information content (AvgIpc) is 3.09. The molecule has 0 atom stereocenters. The van der Waals surface area contributed by atoms with Gasteiger partial charge < -0.3 is 25.4 Å². The molecule has 0 bridgehead atoms. The van der Waals surface area contributed by atoms with E-state index in [1.165, 1.54) is 0 Å². The number of rotatable bonds is 5. The van der Waals surface area contributed by atoms with Gasteiger partial charge in [-0.1, -0.05) is 6.92 Å². The first-order chi connectivity index (χ1) is 12.2. The minimum atomic E-state index is -0.102. The van der Waals surface area contributed by atoms with E-state index in [2.05, 4.69) is 16.0 Å². The van der Waals surface area contributed by atoms with Gasteiger partial charge in [0.05, 0.1) is 0 Å². The van der Waals surface area contributed by atoms with Crippen LogP contribution >= 0.6 is 0 Å². The molecule has 3 N–H and O–H groups in total. The lowest BCUT2D eigenvalue weighted by Crippen LogP contribution is -2.46. The van der Waals surface area contributed by atoms with Crippen LogP contribution in [0.4, 0.5) is 4.79 Å². The van der Waals surface area contributed by atoms with Crippen molar-refractivity contribution in [3.8, 4) is 11.5 Å². The van der Waals surface area contributed by atoms with Gasteiger partial charge in [-0.2, -0.15) is 0 Å². The molecule has 1 aromatic carbocycles. The molecule has 7 nitrogen and oxygen atoms in total. The van der Waals surface area contributed by atoms with Gasteiger partial charge in [-0.15, -0.1) is 0 Å². The van der Waals surface area contributed by atoms with Crippen molar-refractivity contribution >= 4 is 11.9 Å². The van der Waals surface area contributed by atoms with Crippen LogP contribution in [-0.2, 0) is 0 Å². The lowest BCUT2D eigenvalue weighted by Gasteiger charge is -2.29. The Hall–Kier alpha value is -2.44. The SMILES string of the molecule is CCCNC(=O)NC1CCC(NC(=O)c2ccc3c(c2)OCO3)CC1. The highest BCUT2D eigenvalue weighted by molar-refractivity contribution is 5.95. The number of carbonyl (C=O) groups is 2. The van der Waals surface area contributed by atoms with Crippen molar-refractivity contribution in [1.29, 1.82) is 0 Å². The number of amides is 3. The molecule has 25 heavy (non-hydrogen) atoms. The molecule has 1 heterocycles. The third kappa shape index (κ3) is 4.55. The summed E-state index contributed by atoms with van der Waals surface area (Å²) in [6, 6.07) is 5.42. The van der Waals surface area contributed by atoms with E-state index >= 15 is 0 Å². The highest BCUT2D eigenvalue weighted by Crippen LogP contribution is 2.32. The third-order valence-electron chi connectivity index (χ3n) is 4.57. The second-order valence-electron chi connectivity index (χ2n) is 6.49. The summed E-state index contributed by atoms with van der Waals surface area (Å²) in [5.41, 5.74) is 0.573. The Labute approximate surface area is 147 Å². The van der Waals surface area contributed by atoms with Crippen LogP contribution in [0, 0.1) is 0 Å². The van der Waals surface area contributed by atoms with Crippen LogP contribution in [0.1, 0.15) is 49.4 Å².